The third-order valence-electron chi connectivity index (χ3n) is 3.15. The van der Waals surface area contributed by atoms with E-state index in [9.17, 15) is 0 Å². The zero-order valence-corrected chi connectivity index (χ0v) is 13.6. The molecule has 0 fully saturated rings. The van der Waals surface area contributed by atoms with Gasteiger partial charge in [0.05, 0.1) is 6.04 Å². The maximum absolute atomic E-state index is 6.30. The van der Waals surface area contributed by atoms with Crippen LogP contribution in [0.2, 0.25) is 0 Å². The number of thiophene rings is 1. The zero-order chi connectivity index (χ0) is 14.7. The fraction of sp³-hybridized carbons (Fsp3) is 0.0588. The number of rotatable bonds is 4. The fourth-order valence-corrected chi connectivity index (χ4v) is 3.69. The lowest BCUT2D eigenvalue weighted by atomic mass is 10.1. The van der Waals surface area contributed by atoms with Gasteiger partial charge in [-0.15, -0.1) is 11.3 Å². The summed E-state index contributed by atoms with van der Waals surface area (Å²) < 4.78 is 6.84. The molecule has 0 saturated carbocycles. The highest BCUT2D eigenvalue weighted by atomic mass is 79.9. The SMILES string of the molecule is NC(c1ccc(Oc2ccccc2)cc1)c1sccc1Br. The minimum atomic E-state index is -0.120. The number of hydrogen-bond donors (Lipinski definition) is 1. The van der Waals surface area contributed by atoms with Gasteiger partial charge in [0.15, 0.2) is 0 Å². The molecule has 2 N–H and O–H groups in total. The van der Waals surface area contributed by atoms with Gasteiger partial charge in [-0.2, -0.15) is 0 Å². The van der Waals surface area contributed by atoms with E-state index in [2.05, 4.69) is 15.9 Å². The second-order valence-corrected chi connectivity index (χ2v) is 6.40. The third-order valence-corrected chi connectivity index (χ3v) is 5.10. The molecule has 3 aromatic rings. The van der Waals surface area contributed by atoms with Crippen LogP contribution in [0.25, 0.3) is 0 Å². The van der Waals surface area contributed by atoms with E-state index in [0.29, 0.717) is 0 Å². The minimum Gasteiger partial charge on any atom is -0.457 e. The van der Waals surface area contributed by atoms with E-state index in [1.54, 1.807) is 11.3 Å². The largest absolute Gasteiger partial charge is 0.457 e. The number of hydrogen-bond acceptors (Lipinski definition) is 3. The van der Waals surface area contributed by atoms with Crippen molar-refractivity contribution in [1.29, 1.82) is 0 Å². The first-order valence-corrected chi connectivity index (χ1v) is 8.22. The quantitative estimate of drug-likeness (QED) is 0.681. The van der Waals surface area contributed by atoms with Gasteiger partial charge in [0.2, 0.25) is 0 Å². The standard InChI is InChI=1S/C17H14BrNOS/c18-15-10-11-21-17(15)16(19)12-6-8-14(9-7-12)20-13-4-2-1-3-5-13/h1-11,16H,19H2. The summed E-state index contributed by atoms with van der Waals surface area (Å²) in [5, 5.41) is 2.03. The highest BCUT2D eigenvalue weighted by molar-refractivity contribution is 9.10. The molecule has 0 bridgehead atoms. The lowest BCUT2D eigenvalue weighted by Gasteiger charge is -2.12. The second kappa shape index (κ2) is 6.43. The van der Waals surface area contributed by atoms with Gasteiger partial charge < -0.3 is 10.5 Å². The zero-order valence-electron chi connectivity index (χ0n) is 11.2. The van der Waals surface area contributed by atoms with Gasteiger partial charge in [-0.1, -0.05) is 30.3 Å². The second-order valence-electron chi connectivity index (χ2n) is 4.59. The molecule has 1 heterocycles. The van der Waals surface area contributed by atoms with Crippen LogP contribution < -0.4 is 10.5 Å². The Morgan fingerprint density at radius 3 is 2.19 bits per heavy atom. The summed E-state index contributed by atoms with van der Waals surface area (Å²) in [5.41, 5.74) is 7.37. The summed E-state index contributed by atoms with van der Waals surface area (Å²) in [6.07, 6.45) is 0. The van der Waals surface area contributed by atoms with Crippen molar-refractivity contribution >= 4 is 27.3 Å². The van der Waals surface area contributed by atoms with Crippen molar-refractivity contribution in [3.8, 4) is 11.5 Å². The fourth-order valence-electron chi connectivity index (χ4n) is 2.05. The Hall–Kier alpha value is -1.62. The van der Waals surface area contributed by atoms with E-state index in [1.807, 2.05) is 66.0 Å². The molecule has 21 heavy (non-hydrogen) atoms. The summed E-state index contributed by atoms with van der Waals surface area (Å²) in [7, 11) is 0. The van der Waals surface area contributed by atoms with Crippen LogP contribution in [-0.2, 0) is 0 Å². The van der Waals surface area contributed by atoms with Gasteiger partial charge in [0.1, 0.15) is 11.5 Å². The third kappa shape index (κ3) is 3.35. The van der Waals surface area contributed by atoms with Crippen LogP contribution in [-0.4, -0.2) is 0 Å². The van der Waals surface area contributed by atoms with Crippen molar-refractivity contribution < 1.29 is 4.74 Å². The van der Waals surface area contributed by atoms with Gasteiger partial charge in [0, 0.05) is 9.35 Å². The molecule has 0 amide bonds. The van der Waals surface area contributed by atoms with Crippen molar-refractivity contribution in [3.63, 3.8) is 0 Å². The van der Waals surface area contributed by atoms with Crippen LogP contribution in [0, 0.1) is 0 Å². The van der Waals surface area contributed by atoms with Gasteiger partial charge >= 0.3 is 0 Å². The Kier molecular flexibility index (Phi) is 4.39. The van der Waals surface area contributed by atoms with Gasteiger partial charge in [-0.05, 0) is 57.2 Å². The Morgan fingerprint density at radius 1 is 0.905 bits per heavy atom. The summed E-state index contributed by atoms with van der Waals surface area (Å²) in [4.78, 5) is 1.13. The molecule has 3 rings (SSSR count). The predicted molar refractivity (Wildman–Crippen MR) is 91.0 cm³/mol. The molecule has 0 aliphatic heterocycles. The molecule has 2 nitrogen and oxygen atoms in total. The van der Waals surface area contributed by atoms with Crippen molar-refractivity contribution in [2.45, 2.75) is 6.04 Å². The van der Waals surface area contributed by atoms with Gasteiger partial charge in [-0.3, -0.25) is 0 Å². The Balaban J connectivity index is 1.77. The lowest BCUT2D eigenvalue weighted by molar-refractivity contribution is 0.482. The highest BCUT2D eigenvalue weighted by Crippen LogP contribution is 2.32. The van der Waals surface area contributed by atoms with E-state index < -0.39 is 0 Å². The van der Waals surface area contributed by atoms with E-state index in [4.69, 9.17) is 10.5 Å². The Morgan fingerprint density at radius 2 is 1.57 bits per heavy atom. The van der Waals surface area contributed by atoms with Crippen molar-refractivity contribution in [3.05, 3.63) is 81.0 Å². The van der Waals surface area contributed by atoms with Crippen molar-refractivity contribution in [2.75, 3.05) is 0 Å². The first-order chi connectivity index (χ1) is 10.2. The molecule has 2 aromatic carbocycles. The molecule has 0 saturated heterocycles. The first kappa shape index (κ1) is 14.3. The monoisotopic (exact) mass is 359 g/mol. The molecule has 0 aliphatic rings. The van der Waals surface area contributed by atoms with E-state index >= 15 is 0 Å². The number of nitrogens with two attached hydrogens (primary N) is 1. The molecule has 1 unspecified atom stereocenters. The van der Waals surface area contributed by atoms with E-state index in [0.717, 1.165) is 26.4 Å². The minimum absolute atomic E-state index is 0.120. The predicted octanol–water partition coefficient (Wildman–Crippen LogP) is 5.35. The summed E-state index contributed by atoms with van der Waals surface area (Å²) in [6.45, 7) is 0. The number of ether oxygens (including phenoxy) is 1. The molecular weight excluding hydrogens is 346 g/mol. The number of para-hydroxylation sites is 1. The van der Waals surface area contributed by atoms with Crippen LogP contribution in [0.5, 0.6) is 11.5 Å². The average molecular weight is 360 g/mol. The van der Waals surface area contributed by atoms with Gasteiger partial charge in [-0.25, -0.2) is 0 Å². The molecular formula is C17H14BrNOS. The van der Waals surface area contributed by atoms with Crippen LogP contribution in [0.1, 0.15) is 16.5 Å². The van der Waals surface area contributed by atoms with Crippen LogP contribution in [0.15, 0.2) is 70.5 Å². The topological polar surface area (TPSA) is 35.2 Å². The van der Waals surface area contributed by atoms with Gasteiger partial charge in [0.25, 0.3) is 0 Å². The average Bonchev–Trinajstić information content (AvgIpc) is 2.94. The van der Waals surface area contributed by atoms with Crippen molar-refractivity contribution in [2.24, 2.45) is 5.73 Å². The summed E-state index contributed by atoms with van der Waals surface area (Å²) in [6, 6.07) is 19.6. The maximum atomic E-state index is 6.30. The van der Waals surface area contributed by atoms with Crippen LogP contribution in [0.3, 0.4) is 0 Å². The molecule has 1 aromatic heterocycles. The highest BCUT2D eigenvalue weighted by Gasteiger charge is 2.13. The summed E-state index contributed by atoms with van der Waals surface area (Å²) >= 11 is 5.18. The van der Waals surface area contributed by atoms with E-state index in [1.165, 1.54) is 0 Å². The van der Waals surface area contributed by atoms with Crippen LogP contribution in [0.4, 0.5) is 0 Å². The van der Waals surface area contributed by atoms with E-state index in [-0.39, 0.29) is 6.04 Å². The number of benzene rings is 2. The summed E-state index contributed by atoms with van der Waals surface area (Å²) in [5.74, 6) is 1.64. The lowest BCUT2D eigenvalue weighted by Crippen LogP contribution is -2.10. The Labute approximate surface area is 136 Å². The van der Waals surface area contributed by atoms with Crippen LogP contribution >= 0.6 is 27.3 Å². The molecule has 1 atom stereocenters. The molecule has 0 aliphatic carbocycles. The maximum Gasteiger partial charge on any atom is 0.127 e. The normalized spacial score (nSPS) is 12.1. The number of halogens is 1. The Bertz CT molecular complexity index is 709. The molecule has 0 radical (unpaired) electrons. The molecule has 106 valence electrons. The first-order valence-electron chi connectivity index (χ1n) is 6.55. The molecule has 0 spiro atoms. The smallest absolute Gasteiger partial charge is 0.127 e. The molecule has 4 heteroatoms. The van der Waals surface area contributed by atoms with Crippen molar-refractivity contribution in [1.82, 2.24) is 0 Å².